The lowest BCUT2D eigenvalue weighted by atomic mass is 10.0. The summed E-state index contributed by atoms with van der Waals surface area (Å²) < 4.78 is 39.8. The molecule has 0 aliphatic heterocycles. The molecule has 0 spiro atoms. The maximum Gasteiger partial charge on any atom is 0.416 e. The van der Waals surface area contributed by atoms with Gasteiger partial charge >= 0.3 is 6.18 Å². The van der Waals surface area contributed by atoms with Gasteiger partial charge in [0.25, 0.3) is 0 Å². The molecule has 166 valence electrons. The van der Waals surface area contributed by atoms with Crippen molar-refractivity contribution in [2.24, 2.45) is 0 Å². The van der Waals surface area contributed by atoms with E-state index in [2.05, 4.69) is 15.3 Å². The molecule has 1 aromatic carbocycles. The normalized spacial score (nSPS) is 11.2. The van der Waals surface area contributed by atoms with Gasteiger partial charge in [-0.3, -0.25) is 19.5 Å². The molecule has 6 nitrogen and oxygen atoms in total. The number of rotatable bonds is 5. The van der Waals surface area contributed by atoms with Gasteiger partial charge in [0, 0.05) is 42.3 Å². The summed E-state index contributed by atoms with van der Waals surface area (Å²) in [6.07, 6.45) is -1.03. The van der Waals surface area contributed by atoms with Gasteiger partial charge in [0.15, 0.2) is 0 Å². The highest BCUT2D eigenvalue weighted by atomic mass is 35.5. The SMILES string of the molecule is CC(=O)N(c1cc(NC(=O)Cc2ccc(Cl)cc2C(F)(F)F)ccn1)c1ccncc1Cl. The lowest BCUT2D eigenvalue weighted by Gasteiger charge is -2.21. The van der Waals surface area contributed by atoms with Crippen LogP contribution < -0.4 is 10.2 Å². The molecule has 0 radical (unpaired) electrons. The van der Waals surface area contributed by atoms with Crippen LogP contribution in [-0.2, 0) is 22.2 Å². The van der Waals surface area contributed by atoms with E-state index in [1.165, 1.54) is 54.7 Å². The highest BCUT2D eigenvalue weighted by Crippen LogP contribution is 2.34. The first-order valence-electron chi connectivity index (χ1n) is 9.08. The fraction of sp³-hybridized carbons (Fsp3) is 0.143. The van der Waals surface area contributed by atoms with Gasteiger partial charge in [-0.1, -0.05) is 29.3 Å². The summed E-state index contributed by atoms with van der Waals surface area (Å²) in [6, 6.07) is 7.59. The van der Waals surface area contributed by atoms with Crippen molar-refractivity contribution < 1.29 is 22.8 Å². The molecular formula is C21H15Cl2F3N4O2. The number of amides is 2. The Morgan fingerprint density at radius 3 is 2.50 bits per heavy atom. The van der Waals surface area contributed by atoms with E-state index in [0.717, 1.165) is 12.1 Å². The topological polar surface area (TPSA) is 75.2 Å². The lowest BCUT2D eigenvalue weighted by molar-refractivity contribution is -0.138. The van der Waals surface area contributed by atoms with E-state index in [9.17, 15) is 22.8 Å². The van der Waals surface area contributed by atoms with Crippen molar-refractivity contribution in [2.75, 3.05) is 10.2 Å². The van der Waals surface area contributed by atoms with Gasteiger partial charge in [-0.25, -0.2) is 4.98 Å². The number of carbonyl (C=O) groups excluding carboxylic acids is 2. The number of pyridine rings is 2. The standard InChI is InChI=1S/C21H15Cl2F3N4O2/c1-12(31)30(18-5-6-27-11-17(18)23)19-10-15(4-7-28-19)29-20(32)8-13-2-3-14(22)9-16(13)21(24,25)26/h2-7,9-11H,8H2,1H3,(H,28,29,32). The maximum atomic E-state index is 13.3. The van der Waals surface area contributed by atoms with Gasteiger partial charge in [-0.15, -0.1) is 0 Å². The third-order valence-electron chi connectivity index (χ3n) is 4.29. The van der Waals surface area contributed by atoms with Crippen LogP contribution in [0.2, 0.25) is 10.0 Å². The van der Waals surface area contributed by atoms with E-state index in [1.54, 1.807) is 0 Å². The van der Waals surface area contributed by atoms with Crippen LogP contribution in [0, 0.1) is 0 Å². The van der Waals surface area contributed by atoms with Gasteiger partial charge in [0.05, 0.1) is 22.7 Å². The van der Waals surface area contributed by atoms with Crippen molar-refractivity contribution in [1.29, 1.82) is 0 Å². The number of anilines is 3. The predicted octanol–water partition coefficient (Wildman–Crippen LogP) is 5.67. The van der Waals surface area contributed by atoms with Crippen LogP contribution in [0.5, 0.6) is 0 Å². The summed E-state index contributed by atoms with van der Waals surface area (Å²) in [5.74, 6) is -0.928. The van der Waals surface area contributed by atoms with Crippen LogP contribution in [0.3, 0.4) is 0 Å². The summed E-state index contributed by atoms with van der Waals surface area (Å²) in [6.45, 7) is 1.31. The molecule has 2 aromatic heterocycles. The Balaban J connectivity index is 1.84. The molecule has 2 amide bonds. The van der Waals surface area contributed by atoms with Gasteiger partial charge in [-0.05, 0) is 29.8 Å². The molecule has 0 saturated carbocycles. The second-order valence-corrected chi connectivity index (χ2v) is 7.45. The molecule has 0 bridgehead atoms. The molecule has 0 aliphatic carbocycles. The smallest absolute Gasteiger partial charge is 0.326 e. The van der Waals surface area contributed by atoms with Crippen LogP contribution >= 0.6 is 23.2 Å². The molecule has 32 heavy (non-hydrogen) atoms. The van der Waals surface area contributed by atoms with E-state index >= 15 is 0 Å². The first-order chi connectivity index (χ1) is 15.1. The second-order valence-electron chi connectivity index (χ2n) is 6.61. The third kappa shape index (κ3) is 5.54. The van der Waals surface area contributed by atoms with Crippen LogP contribution in [0.1, 0.15) is 18.1 Å². The highest BCUT2D eigenvalue weighted by Gasteiger charge is 2.34. The summed E-state index contributed by atoms with van der Waals surface area (Å²) in [7, 11) is 0. The van der Waals surface area contributed by atoms with Crippen molar-refractivity contribution in [3.63, 3.8) is 0 Å². The number of hydrogen-bond donors (Lipinski definition) is 1. The zero-order valence-electron chi connectivity index (χ0n) is 16.5. The predicted molar refractivity (Wildman–Crippen MR) is 115 cm³/mol. The molecular weight excluding hydrogens is 468 g/mol. The van der Waals surface area contributed by atoms with Crippen LogP contribution in [0.4, 0.5) is 30.4 Å². The monoisotopic (exact) mass is 482 g/mol. The van der Waals surface area contributed by atoms with E-state index in [-0.39, 0.29) is 27.1 Å². The van der Waals surface area contributed by atoms with Crippen molar-refractivity contribution in [3.05, 3.63) is 76.2 Å². The van der Waals surface area contributed by atoms with E-state index in [4.69, 9.17) is 23.2 Å². The maximum absolute atomic E-state index is 13.3. The molecule has 0 atom stereocenters. The minimum atomic E-state index is -4.66. The first-order valence-corrected chi connectivity index (χ1v) is 9.83. The zero-order valence-corrected chi connectivity index (χ0v) is 18.0. The Morgan fingerprint density at radius 2 is 1.84 bits per heavy atom. The molecule has 0 fully saturated rings. The van der Waals surface area contributed by atoms with Gasteiger partial charge < -0.3 is 5.32 Å². The van der Waals surface area contributed by atoms with Crippen LogP contribution in [0.25, 0.3) is 0 Å². The van der Waals surface area contributed by atoms with Crippen molar-refractivity contribution >= 4 is 52.2 Å². The lowest BCUT2D eigenvalue weighted by Crippen LogP contribution is -2.24. The fourth-order valence-electron chi connectivity index (χ4n) is 2.97. The summed E-state index contributed by atoms with van der Waals surface area (Å²) in [5.41, 5.74) is -0.631. The average Bonchev–Trinajstić information content (AvgIpc) is 2.70. The third-order valence-corrected chi connectivity index (χ3v) is 4.82. The average molecular weight is 483 g/mol. The summed E-state index contributed by atoms with van der Waals surface area (Å²) in [5, 5.41) is 2.65. The number of aromatic nitrogens is 2. The zero-order chi connectivity index (χ0) is 23.5. The van der Waals surface area contributed by atoms with Gasteiger partial charge in [0.1, 0.15) is 5.82 Å². The number of hydrogen-bond acceptors (Lipinski definition) is 4. The second kappa shape index (κ2) is 9.54. The fourth-order valence-corrected chi connectivity index (χ4v) is 3.34. The highest BCUT2D eigenvalue weighted by molar-refractivity contribution is 6.34. The Hall–Kier alpha value is -3.17. The van der Waals surface area contributed by atoms with Crippen molar-refractivity contribution in [3.8, 4) is 0 Å². The van der Waals surface area contributed by atoms with Crippen molar-refractivity contribution in [1.82, 2.24) is 9.97 Å². The first kappa shape index (κ1) is 23.5. The number of nitrogens with zero attached hydrogens (tertiary/aromatic N) is 3. The van der Waals surface area contributed by atoms with Crippen LogP contribution in [0.15, 0.2) is 55.0 Å². The van der Waals surface area contributed by atoms with Gasteiger partial charge in [0.2, 0.25) is 11.8 Å². The van der Waals surface area contributed by atoms with Gasteiger partial charge in [-0.2, -0.15) is 13.2 Å². The molecule has 0 unspecified atom stereocenters. The van der Waals surface area contributed by atoms with E-state index < -0.39 is 30.0 Å². The quantitative estimate of drug-likeness (QED) is 0.508. The Kier molecular flexibility index (Phi) is 7.00. The number of benzene rings is 1. The summed E-state index contributed by atoms with van der Waals surface area (Å²) in [4.78, 5) is 33.9. The minimum Gasteiger partial charge on any atom is -0.326 e. The van der Waals surface area contributed by atoms with E-state index in [1.807, 2.05) is 0 Å². The van der Waals surface area contributed by atoms with Crippen LogP contribution in [-0.4, -0.2) is 21.8 Å². The minimum absolute atomic E-state index is 0.0839. The molecule has 2 heterocycles. The molecule has 1 N–H and O–H groups in total. The Labute approximate surface area is 191 Å². The van der Waals surface area contributed by atoms with Crippen molar-refractivity contribution in [2.45, 2.75) is 19.5 Å². The van der Waals surface area contributed by atoms with E-state index in [0.29, 0.717) is 5.69 Å². The molecule has 3 rings (SSSR count). The Bertz CT molecular complexity index is 1170. The number of nitrogens with one attached hydrogen (secondary N) is 1. The Morgan fingerprint density at radius 1 is 1.09 bits per heavy atom. The molecule has 0 saturated heterocycles. The summed E-state index contributed by atoms with van der Waals surface area (Å²) >= 11 is 11.8. The molecule has 11 heteroatoms. The number of carbonyl (C=O) groups is 2. The molecule has 3 aromatic rings. The largest absolute Gasteiger partial charge is 0.416 e. The number of halogens is 5. The number of alkyl halides is 3. The molecule has 0 aliphatic rings.